The summed E-state index contributed by atoms with van der Waals surface area (Å²) in [6, 6.07) is 14.0. The van der Waals surface area contributed by atoms with Crippen LogP contribution in [0.25, 0.3) is 10.8 Å². The minimum absolute atomic E-state index is 0.134. The number of nitrogens with one attached hydrogen (secondary N) is 2. The zero-order valence-corrected chi connectivity index (χ0v) is 13.8. The van der Waals surface area contributed by atoms with E-state index in [1.807, 2.05) is 42.5 Å². The summed E-state index contributed by atoms with van der Waals surface area (Å²) in [5.74, 6) is 0.0608. The van der Waals surface area contributed by atoms with Crippen LogP contribution in [0.15, 0.2) is 47.3 Å². The second kappa shape index (κ2) is 6.51. The van der Waals surface area contributed by atoms with Crippen molar-refractivity contribution in [3.05, 3.63) is 69.6 Å². The number of hydrogen-bond acceptors (Lipinski definition) is 3. The fraction of sp³-hybridized carbons (Fsp3) is 0.250. The second-order valence-corrected chi connectivity index (χ2v) is 6.45. The largest absolute Gasteiger partial charge is 0.296 e. The topological polar surface area (TPSA) is 74.8 Å². The molecule has 126 valence electrons. The zero-order chi connectivity index (χ0) is 17.2. The first kappa shape index (κ1) is 15.6. The number of carbonyl (C=O) groups is 1. The summed E-state index contributed by atoms with van der Waals surface area (Å²) in [4.78, 5) is 31.5. The minimum atomic E-state index is -0.186. The highest BCUT2D eigenvalue weighted by Crippen LogP contribution is 2.18. The lowest BCUT2D eigenvalue weighted by atomic mass is 9.97. The smallest absolute Gasteiger partial charge is 0.255 e. The van der Waals surface area contributed by atoms with Crippen LogP contribution < -0.4 is 10.9 Å². The number of aromatic amines is 1. The van der Waals surface area contributed by atoms with Crippen LogP contribution in [-0.4, -0.2) is 15.9 Å². The molecular formula is C20H19N3O2. The molecule has 5 heteroatoms. The number of benzene rings is 2. The maximum Gasteiger partial charge on any atom is 0.255 e. The zero-order valence-electron chi connectivity index (χ0n) is 13.8. The first-order chi connectivity index (χ1) is 12.2. The van der Waals surface area contributed by atoms with E-state index >= 15 is 0 Å². The van der Waals surface area contributed by atoms with Gasteiger partial charge in [-0.1, -0.05) is 42.5 Å². The van der Waals surface area contributed by atoms with Crippen molar-refractivity contribution in [2.45, 2.75) is 32.1 Å². The first-order valence-corrected chi connectivity index (χ1v) is 8.59. The summed E-state index contributed by atoms with van der Waals surface area (Å²) in [5, 5.41) is 4.97. The highest BCUT2D eigenvalue weighted by Gasteiger charge is 2.16. The molecule has 0 radical (unpaired) electrons. The van der Waals surface area contributed by atoms with Gasteiger partial charge in [-0.25, -0.2) is 4.98 Å². The average Bonchev–Trinajstić information content (AvgIpc) is 2.61. The Morgan fingerprint density at radius 1 is 1.08 bits per heavy atom. The molecule has 1 amide bonds. The Morgan fingerprint density at radius 2 is 1.88 bits per heavy atom. The van der Waals surface area contributed by atoms with Gasteiger partial charge in [-0.3, -0.25) is 19.9 Å². The minimum Gasteiger partial charge on any atom is -0.296 e. The maximum absolute atomic E-state index is 12.3. The monoisotopic (exact) mass is 333 g/mol. The van der Waals surface area contributed by atoms with Gasteiger partial charge in [0.15, 0.2) is 0 Å². The predicted molar refractivity (Wildman–Crippen MR) is 97.8 cm³/mol. The van der Waals surface area contributed by atoms with Crippen LogP contribution in [-0.2, 0) is 24.1 Å². The predicted octanol–water partition coefficient (Wildman–Crippen LogP) is 2.98. The van der Waals surface area contributed by atoms with Crippen LogP contribution in [0.1, 0.15) is 29.7 Å². The summed E-state index contributed by atoms with van der Waals surface area (Å²) < 4.78 is 0. The lowest BCUT2D eigenvalue weighted by Gasteiger charge is -2.14. The van der Waals surface area contributed by atoms with Gasteiger partial charge in [0.05, 0.1) is 12.1 Å². The summed E-state index contributed by atoms with van der Waals surface area (Å²) in [6.07, 6.45) is 3.86. The summed E-state index contributed by atoms with van der Waals surface area (Å²) in [7, 11) is 0. The summed E-state index contributed by atoms with van der Waals surface area (Å²) in [5.41, 5.74) is 2.37. The first-order valence-electron chi connectivity index (χ1n) is 8.59. The molecule has 0 saturated carbocycles. The van der Waals surface area contributed by atoms with E-state index in [4.69, 9.17) is 0 Å². The fourth-order valence-electron chi connectivity index (χ4n) is 3.37. The second-order valence-electron chi connectivity index (χ2n) is 6.45. The van der Waals surface area contributed by atoms with Crippen LogP contribution in [0.3, 0.4) is 0 Å². The number of aryl methyl sites for hydroxylation is 1. The molecule has 25 heavy (non-hydrogen) atoms. The molecule has 0 bridgehead atoms. The molecule has 2 N–H and O–H groups in total. The van der Waals surface area contributed by atoms with Crippen molar-refractivity contribution >= 4 is 22.6 Å². The molecule has 1 aliphatic rings. The highest BCUT2D eigenvalue weighted by molar-refractivity contribution is 5.92. The van der Waals surface area contributed by atoms with Crippen LogP contribution in [0.5, 0.6) is 0 Å². The lowest BCUT2D eigenvalue weighted by Crippen LogP contribution is -2.25. The van der Waals surface area contributed by atoms with Crippen molar-refractivity contribution in [1.29, 1.82) is 0 Å². The van der Waals surface area contributed by atoms with Crippen molar-refractivity contribution in [2.24, 2.45) is 0 Å². The molecule has 0 fully saturated rings. The Kier molecular flexibility index (Phi) is 4.06. The number of fused-ring (bicyclic) bond motifs is 2. The molecule has 0 saturated heterocycles. The number of anilines is 1. The fourth-order valence-corrected chi connectivity index (χ4v) is 3.37. The van der Waals surface area contributed by atoms with Gasteiger partial charge in [0.25, 0.3) is 5.56 Å². The van der Waals surface area contributed by atoms with Gasteiger partial charge in [0, 0.05) is 5.56 Å². The van der Waals surface area contributed by atoms with Crippen molar-refractivity contribution in [3.8, 4) is 0 Å². The van der Waals surface area contributed by atoms with E-state index in [0.717, 1.165) is 53.3 Å². The van der Waals surface area contributed by atoms with E-state index < -0.39 is 0 Å². The SMILES string of the molecule is O=C(Cc1ccc2ccccc2c1)Nc1nc2c(c(=O)[nH]1)CCCC2. The van der Waals surface area contributed by atoms with Crippen molar-refractivity contribution in [1.82, 2.24) is 9.97 Å². The number of carbonyl (C=O) groups excluding carboxylic acids is 1. The van der Waals surface area contributed by atoms with Crippen molar-refractivity contribution in [3.63, 3.8) is 0 Å². The molecule has 1 aliphatic carbocycles. The summed E-state index contributed by atoms with van der Waals surface area (Å²) >= 11 is 0. The van der Waals surface area contributed by atoms with E-state index in [9.17, 15) is 9.59 Å². The Balaban J connectivity index is 1.51. The van der Waals surface area contributed by atoms with Gasteiger partial charge in [-0.2, -0.15) is 0 Å². The number of hydrogen-bond donors (Lipinski definition) is 2. The van der Waals surface area contributed by atoms with Crippen LogP contribution >= 0.6 is 0 Å². The third-order valence-electron chi connectivity index (χ3n) is 4.63. The molecule has 2 aromatic carbocycles. The molecule has 3 aromatic rings. The normalized spacial score (nSPS) is 13.4. The molecule has 0 aliphatic heterocycles. The third-order valence-corrected chi connectivity index (χ3v) is 4.63. The molecule has 0 unspecified atom stereocenters. The average molecular weight is 333 g/mol. The number of aromatic nitrogens is 2. The van der Waals surface area contributed by atoms with E-state index in [1.165, 1.54) is 0 Å². The van der Waals surface area contributed by atoms with Crippen LogP contribution in [0, 0.1) is 0 Å². The van der Waals surface area contributed by atoms with E-state index in [-0.39, 0.29) is 23.8 Å². The molecule has 0 atom stereocenters. The molecule has 5 nitrogen and oxygen atoms in total. The number of amides is 1. The Hall–Kier alpha value is -2.95. The molecule has 0 spiro atoms. The maximum atomic E-state index is 12.3. The van der Waals surface area contributed by atoms with Crippen LogP contribution in [0.2, 0.25) is 0 Å². The molecule has 1 aromatic heterocycles. The van der Waals surface area contributed by atoms with Crippen LogP contribution in [0.4, 0.5) is 5.95 Å². The standard InChI is InChI=1S/C20H19N3O2/c24-18(12-13-9-10-14-5-1-2-6-15(14)11-13)22-20-21-17-8-4-3-7-16(17)19(25)23-20/h1-2,5-6,9-11H,3-4,7-8,12H2,(H2,21,22,23,24,25). The van der Waals surface area contributed by atoms with E-state index in [0.29, 0.717) is 0 Å². The third kappa shape index (κ3) is 3.31. The molecule has 4 rings (SSSR count). The van der Waals surface area contributed by atoms with Gasteiger partial charge in [-0.05, 0) is 42.0 Å². The Morgan fingerprint density at radius 3 is 2.76 bits per heavy atom. The van der Waals surface area contributed by atoms with E-state index in [2.05, 4.69) is 15.3 Å². The Bertz CT molecular complexity index is 1010. The van der Waals surface area contributed by atoms with Gasteiger partial charge in [0.2, 0.25) is 11.9 Å². The highest BCUT2D eigenvalue weighted by atomic mass is 16.2. The van der Waals surface area contributed by atoms with Crippen molar-refractivity contribution < 1.29 is 4.79 Å². The summed E-state index contributed by atoms with van der Waals surface area (Å²) in [6.45, 7) is 0. The quantitative estimate of drug-likeness (QED) is 0.774. The van der Waals surface area contributed by atoms with E-state index in [1.54, 1.807) is 0 Å². The van der Waals surface area contributed by atoms with Gasteiger partial charge in [0.1, 0.15) is 0 Å². The Labute approximate surface area is 145 Å². The van der Waals surface area contributed by atoms with Gasteiger partial charge < -0.3 is 0 Å². The molecule has 1 heterocycles. The number of nitrogens with zero attached hydrogens (tertiary/aromatic N) is 1. The van der Waals surface area contributed by atoms with Gasteiger partial charge in [-0.15, -0.1) is 0 Å². The number of H-pyrrole nitrogens is 1. The van der Waals surface area contributed by atoms with Gasteiger partial charge >= 0.3 is 0 Å². The van der Waals surface area contributed by atoms with Crippen molar-refractivity contribution in [2.75, 3.05) is 5.32 Å². The number of rotatable bonds is 3. The lowest BCUT2D eigenvalue weighted by molar-refractivity contribution is -0.115. The molecular weight excluding hydrogens is 314 g/mol.